The Balaban J connectivity index is 1.84. The lowest BCUT2D eigenvalue weighted by Crippen LogP contribution is -2.37. The first-order valence-corrected chi connectivity index (χ1v) is 11.2. The number of ether oxygens (including phenoxy) is 2. The molecule has 3 rings (SSSR count). The number of rotatable bonds is 9. The van der Waals surface area contributed by atoms with Crippen LogP contribution >= 0.6 is 0 Å². The lowest BCUT2D eigenvalue weighted by molar-refractivity contribution is -0.384. The van der Waals surface area contributed by atoms with Gasteiger partial charge in [-0.2, -0.15) is 0 Å². The minimum absolute atomic E-state index is 0.0935. The second-order valence-electron chi connectivity index (χ2n) is 8.21. The van der Waals surface area contributed by atoms with Crippen molar-refractivity contribution < 1.29 is 24.0 Å². The van der Waals surface area contributed by atoms with Gasteiger partial charge in [0.05, 0.1) is 29.1 Å². The number of non-ortho nitro benzene ring substituents is 1. The van der Waals surface area contributed by atoms with Crippen LogP contribution in [-0.4, -0.2) is 36.7 Å². The van der Waals surface area contributed by atoms with E-state index in [1.807, 2.05) is 30.3 Å². The number of carbonyl (C=O) groups excluding carboxylic acids is 2. The van der Waals surface area contributed by atoms with E-state index in [1.165, 1.54) is 31.4 Å². The van der Waals surface area contributed by atoms with E-state index in [0.29, 0.717) is 23.5 Å². The molecule has 1 heterocycles. The number of allylic oxidation sites excluding steroid dienone is 2. The number of nitrogens with one attached hydrogen (secondary N) is 2. The Labute approximate surface area is 204 Å². The third-order valence-electron chi connectivity index (χ3n) is 5.79. The molecule has 0 saturated heterocycles. The zero-order chi connectivity index (χ0) is 25.5. The van der Waals surface area contributed by atoms with Crippen LogP contribution in [-0.2, 0) is 25.5 Å². The second kappa shape index (κ2) is 11.4. The smallest absolute Gasteiger partial charge is 0.338 e. The molecule has 0 aliphatic carbocycles. The quantitative estimate of drug-likeness (QED) is 0.242. The van der Waals surface area contributed by atoms with Gasteiger partial charge in [0, 0.05) is 30.1 Å². The highest BCUT2D eigenvalue weighted by Gasteiger charge is 2.38. The van der Waals surface area contributed by atoms with Crippen LogP contribution in [0.15, 0.2) is 77.1 Å². The lowest BCUT2D eigenvalue weighted by Gasteiger charge is -2.31. The Morgan fingerprint density at radius 1 is 1.03 bits per heavy atom. The molecule has 0 aromatic heterocycles. The van der Waals surface area contributed by atoms with Crippen molar-refractivity contribution in [2.75, 3.05) is 13.7 Å². The Hall–Kier alpha value is -3.98. The van der Waals surface area contributed by atoms with Gasteiger partial charge in [0.2, 0.25) is 0 Å². The number of nitrogens with zero attached hydrogens (tertiary/aromatic N) is 1. The number of methoxy groups -OCH3 is 1. The largest absolute Gasteiger partial charge is 0.466 e. The number of nitro benzene ring substituents is 1. The number of nitro groups is 1. The van der Waals surface area contributed by atoms with Gasteiger partial charge in [0.15, 0.2) is 6.23 Å². The van der Waals surface area contributed by atoms with Crippen LogP contribution in [0.25, 0.3) is 0 Å². The maximum atomic E-state index is 13.3. The summed E-state index contributed by atoms with van der Waals surface area (Å²) in [5.41, 5.74) is 3.14. The molecule has 1 aliphatic heterocycles. The van der Waals surface area contributed by atoms with E-state index in [4.69, 9.17) is 9.47 Å². The van der Waals surface area contributed by atoms with Crippen molar-refractivity contribution in [3.05, 3.63) is 98.4 Å². The number of carbonyl (C=O) groups is 2. The normalized spacial score (nSPS) is 16.4. The predicted octanol–water partition coefficient (Wildman–Crippen LogP) is 3.72. The van der Waals surface area contributed by atoms with Gasteiger partial charge in [-0.25, -0.2) is 9.59 Å². The summed E-state index contributed by atoms with van der Waals surface area (Å²) in [5.74, 6) is -2.02. The molecule has 0 fully saturated rings. The first-order chi connectivity index (χ1) is 16.7. The van der Waals surface area contributed by atoms with Crippen molar-refractivity contribution in [1.29, 1.82) is 0 Å². The zero-order valence-corrected chi connectivity index (χ0v) is 20.2. The molecule has 2 aromatic rings. The first kappa shape index (κ1) is 25.6. The maximum absolute atomic E-state index is 13.3. The average molecular weight is 480 g/mol. The highest BCUT2D eigenvalue weighted by Crippen LogP contribution is 2.39. The van der Waals surface area contributed by atoms with E-state index in [0.717, 1.165) is 12.0 Å². The van der Waals surface area contributed by atoms with Gasteiger partial charge in [-0.05, 0) is 38.3 Å². The van der Waals surface area contributed by atoms with Crippen molar-refractivity contribution in [1.82, 2.24) is 10.6 Å². The average Bonchev–Trinajstić information content (AvgIpc) is 2.83. The third-order valence-corrected chi connectivity index (χ3v) is 5.79. The van der Waals surface area contributed by atoms with Crippen molar-refractivity contribution in [2.24, 2.45) is 0 Å². The van der Waals surface area contributed by atoms with E-state index >= 15 is 0 Å². The molecule has 2 atom stereocenters. The van der Waals surface area contributed by atoms with Gasteiger partial charge in [0.25, 0.3) is 5.69 Å². The van der Waals surface area contributed by atoms with E-state index in [9.17, 15) is 19.7 Å². The van der Waals surface area contributed by atoms with Crippen molar-refractivity contribution in [3.63, 3.8) is 0 Å². The van der Waals surface area contributed by atoms with E-state index in [-0.39, 0.29) is 16.8 Å². The fraction of sp³-hybridized carbons (Fsp3) is 0.308. The summed E-state index contributed by atoms with van der Waals surface area (Å²) < 4.78 is 10.7. The molecule has 0 spiro atoms. The Morgan fingerprint density at radius 2 is 1.63 bits per heavy atom. The van der Waals surface area contributed by atoms with Gasteiger partial charge >= 0.3 is 11.9 Å². The predicted molar refractivity (Wildman–Crippen MR) is 130 cm³/mol. The molecule has 1 aliphatic rings. The van der Waals surface area contributed by atoms with Crippen LogP contribution in [0.4, 0.5) is 5.69 Å². The first-order valence-electron chi connectivity index (χ1n) is 11.2. The number of hydrogen-bond donors (Lipinski definition) is 2. The number of esters is 2. The molecule has 9 nitrogen and oxygen atoms in total. The monoisotopic (exact) mass is 479 g/mol. The van der Waals surface area contributed by atoms with Gasteiger partial charge in [-0.1, -0.05) is 42.5 Å². The summed E-state index contributed by atoms with van der Waals surface area (Å²) in [6.07, 6.45) is 0.184. The standard InChI is InChI=1S/C26H29N3O6/c1-16-22(25(30)34-4)24(20-10-12-21(13-11-20)29(32)33)23(17(2)28-16)26(31)35-18(3)27-15-14-19-8-6-5-7-9-19/h5-13,18,24,27-28H,14-15H2,1-4H3. The fourth-order valence-corrected chi connectivity index (χ4v) is 4.10. The molecule has 2 unspecified atom stereocenters. The van der Waals surface area contributed by atoms with Crippen LogP contribution in [0.1, 0.15) is 37.8 Å². The fourth-order valence-electron chi connectivity index (χ4n) is 4.10. The van der Waals surface area contributed by atoms with E-state index < -0.39 is 29.0 Å². The Bertz CT molecular complexity index is 1160. The van der Waals surface area contributed by atoms with Gasteiger partial charge in [-0.15, -0.1) is 0 Å². The molecule has 35 heavy (non-hydrogen) atoms. The summed E-state index contributed by atoms with van der Waals surface area (Å²) in [7, 11) is 1.26. The minimum Gasteiger partial charge on any atom is -0.466 e. The van der Waals surface area contributed by atoms with E-state index in [1.54, 1.807) is 20.8 Å². The van der Waals surface area contributed by atoms with Crippen LogP contribution < -0.4 is 10.6 Å². The number of hydrogen-bond acceptors (Lipinski definition) is 8. The molecule has 0 radical (unpaired) electrons. The SMILES string of the molecule is COC(=O)C1=C(C)NC(C)=C(C(=O)OC(C)NCCc2ccccc2)C1c1ccc([N+](=O)[O-])cc1. The molecular formula is C26H29N3O6. The van der Waals surface area contributed by atoms with Crippen molar-refractivity contribution in [3.8, 4) is 0 Å². The number of dihydropyridines is 1. The molecular weight excluding hydrogens is 450 g/mol. The molecule has 9 heteroatoms. The summed E-state index contributed by atoms with van der Waals surface area (Å²) in [5, 5.41) is 17.4. The summed E-state index contributed by atoms with van der Waals surface area (Å²) >= 11 is 0. The van der Waals surface area contributed by atoms with Crippen LogP contribution in [0.5, 0.6) is 0 Å². The molecule has 0 bridgehead atoms. The highest BCUT2D eigenvalue weighted by molar-refractivity contribution is 5.99. The van der Waals surface area contributed by atoms with E-state index in [2.05, 4.69) is 10.6 Å². The van der Waals surface area contributed by atoms with Crippen LogP contribution in [0.2, 0.25) is 0 Å². The summed E-state index contributed by atoms with van der Waals surface area (Å²) in [6, 6.07) is 15.7. The Kier molecular flexibility index (Phi) is 8.38. The molecule has 2 N–H and O–H groups in total. The van der Waals surface area contributed by atoms with Crippen LogP contribution in [0.3, 0.4) is 0 Å². The molecule has 184 valence electrons. The summed E-state index contributed by atoms with van der Waals surface area (Å²) in [6.45, 7) is 5.77. The van der Waals surface area contributed by atoms with Crippen molar-refractivity contribution >= 4 is 17.6 Å². The van der Waals surface area contributed by atoms with Crippen LogP contribution in [0, 0.1) is 10.1 Å². The highest BCUT2D eigenvalue weighted by atomic mass is 16.6. The van der Waals surface area contributed by atoms with Crippen molar-refractivity contribution in [2.45, 2.75) is 39.3 Å². The molecule has 0 amide bonds. The van der Waals surface area contributed by atoms with Gasteiger partial charge in [0.1, 0.15) is 0 Å². The second-order valence-corrected chi connectivity index (χ2v) is 8.21. The molecule has 0 saturated carbocycles. The summed E-state index contributed by atoms with van der Waals surface area (Å²) in [4.78, 5) is 36.6. The number of benzene rings is 2. The molecule has 2 aromatic carbocycles. The minimum atomic E-state index is -0.812. The van der Waals surface area contributed by atoms with Gasteiger partial charge < -0.3 is 14.8 Å². The Morgan fingerprint density at radius 3 is 2.20 bits per heavy atom. The maximum Gasteiger partial charge on any atom is 0.338 e. The lowest BCUT2D eigenvalue weighted by atomic mass is 9.80. The van der Waals surface area contributed by atoms with Gasteiger partial charge in [-0.3, -0.25) is 15.4 Å². The third kappa shape index (κ3) is 6.13. The zero-order valence-electron chi connectivity index (χ0n) is 20.2. The topological polar surface area (TPSA) is 120 Å².